The van der Waals surface area contributed by atoms with Gasteiger partial charge in [-0.1, -0.05) is 23.4 Å². The van der Waals surface area contributed by atoms with Crippen LogP contribution in [0.1, 0.15) is 23.3 Å². The summed E-state index contributed by atoms with van der Waals surface area (Å²) in [6.07, 6.45) is 1.91. The van der Waals surface area contributed by atoms with E-state index >= 15 is 0 Å². The van der Waals surface area contributed by atoms with E-state index in [0.29, 0.717) is 5.89 Å². The van der Waals surface area contributed by atoms with Gasteiger partial charge in [-0.2, -0.15) is 4.98 Å². The minimum atomic E-state index is -3.15. The van der Waals surface area contributed by atoms with Crippen molar-refractivity contribution in [2.24, 2.45) is 0 Å². The van der Waals surface area contributed by atoms with Crippen LogP contribution in [0.2, 0.25) is 0 Å². The Hall–Kier alpha value is -1.89. The fourth-order valence-electron chi connectivity index (χ4n) is 2.15. The van der Waals surface area contributed by atoms with E-state index in [1.54, 1.807) is 0 Å². The number of anilines is 1. The van der Waals surface area contributed by atoms with Gasteiger partial charge in [0, 0.05) is 18.4 Å². The number of hydrogen-bond acceptors (Lipinski definition) is 6. The summed E-state index contributed by atoms with van der Waals surface area (Å²) in [6.45, 7) is 0. The molecule has 0 radical (unpaired) electrons. The van der Waals surface area contributed by atoms with E-state index in [2.05, 4.69) is 15.5 Å². The average Bonchev–Trinajstić information content (AvgIpc) is 2.91. The van der Waals surface area contributed by atoms with Crippen LogP contribution in [0.15, 0.2) is 28.8 Å². The van der Waals surface area contributed by atoms with Gasteiger partial charge in [0.2, 0.25) is 5.89 Å². The summed E-state index contributed by atoms with van der Waals surface area (Å²) in [5.41, 5.74) is 2.24. The first-order valence-corrected chi connectivity index (χ1v) is 7.92. The summed E-state index contributed by atoms with van der Waals surface area (Å²) in [7, 11) is -3.15. The van der Waals surface area contributed by atoms with E-state index < -0.39 is 9.84 Å². The monoisotopic (exact) mass is 279 g/mol. The van der Waals surface area contributed by atoms with Crippen molar-refractivity contribution in [3.8, 4) is 0 Å². The van der Waals surface area contributed by atoms with Gasteiger partial charge in [0.05, 0.1) is 0 Å². The Labute approximate surface area is 110 Å². The number of sulfone groups is 1. The van der Waals surface area contributed by atoms with Crippen LogP contribution >= 0.6 is 0 Å². The highest BCUT2D eigenvalue weighted by molar-refractivity contribution is 7.89. The summed E-state index contributed by atoms with van der Waals surface area (Å²) in [4.78, 5) is 4.14. The maximum atomic E-state index is 11.2. The van der Waals surface area contributed by atoms with Crippen molar-refractivity contribution >= 4 is 15.5 Å². The number of aromatic nitrogens is 2. The molecule has 1 aliphatic heterocycles. The highest BCUT2D eigenvalue weighted by atomic mass is 32.2. The summed E-state index contributed by atoms with van der Waals surface area (Å²) in [5.74, 6) is 0.431. The van der Waals surface area contributed by atoms with Crippen LogP contribution in [0.25, 0.3) is 0 Å². The van der Waals surface area contributed by atoms with E-state index in [0.717, 1.165) is 18.4 Å². The number of nitrogens with one attached hydrogen (secondary N) is 1. The lowest BCUT2D eigenvalue weighted by molar-refractivity contribution is 0.360. The average molecular weight is 279 g/mol. The molecule has 0 spiro atoms. The van der Waals surface area contributed by atoms with Gasteiger partial charge < -0.3 is 9.84 Å². The molecule has 1 unspecified atom stereocenters. The number of fused-ring (bicyclic) bond motifs is 1. The number of para-hydroxylation sites is 1. The third kappa shape index (κ3) is 2.60. The molecule has 19 heavy (non-hydrogen) atoms. The molecule has 6 nitrogen and oxygen atoms in total. The molecule has 0 saturated carbocycles. The Morgan fingerprint density at radius 3 is 2.95 bits per heavy atom. The lowest BCUT2D eigenvalue weighted by atomic mass is 10.1. The zero-order chi connectivity index (χ0) is 13.5. The molecule has 0 bridgehead atoms. The predicted molar refractivity (Wildman–Crippen MR) is 69.4 cm³/mol. The van der Waals surface area contributed by atoms with Crippen molar-refractivity contribution in [1.82, 2.24) is 10.1 Å². The molecular weight excluding hydrogens is 266 g/mol. The van der Waals surface area contributed by atoms with Crippen LogP contribution in [0.3, 0.4) is 0 Å². The second kappa shape index (κ2) is 4.34. The summed E-state index contributed by atoms with van der Waals surface area (Å²) in [6, 6.07) is 7.88. The van der Waals surface area contributed by atoms with Crippen molar-refractivity contribution in [3.63, 3.8) is 0 Å². The second-order valence-electron chi connectivity index (χ2n) is 4.68. The fourth-order valence-corrected chi connectivity index (χ4v) is 2.74. The second-order valence-corrected chi connectivity index (χ2v) is 6.82. The SMILES string of the molecule is CS(=O)(=O)Cc1noc(C2Cc3ccccc3N2)n1. The fraction of sp³-hybridized carbons (Fsp3) is 0.333. The van der Waals surface area contributed by atoms with Gasteiger partial charge in [0.15, 0.2) is 15.7 Å². The number of benzene rings is 1. The Balaban J connectivity index is 1.79. The first-order valence-electron chi connectivity index (χ1n) is 5.86. The van der Waals surface area contributed by atoms with Gasteiger partial charge in [-0.15, -0.1) is 0 Å². The highest BCUT2D eigenvalue weighted by Crippen LogP contribution is 2.32. The van der Waals surface area contributed by atoms with Crippen LogP contribution in [-0.4, -0.2) is 24.8 Å². The highest BCUT2D eigenvalue weighted by Gasteiger charge is 2.26. The molecular formula is C12H13N3O3S. The van der Waals surface area contributed by atoms with Gasteiger partial charge in [-0.05, 0) is 11.6 Å². The molecule has 1 N–H and O–H groups in total. The molecule has 7 heteroatoms. The van der Waals surface area contributed by atoms with Crippen LogP contribution in [-0.2, 0) is 22.0 Å². The van der Waals surface area contributed by atoms with E-state index in [-0.39, 0.29) is 17.6 Å². The molecule has 3 rings (SSSR count). The first kappa shape index (κ1) is 12.2. The van der Waals surface area contributed by atoms with Gasteiger partial charge in [-0.25, -0.2) is 8.42 Å². The molecule has 1 aliphatic rings. The lowest BCUT2D eigenvalue weighted by Crippen LogP contribution is -2.07. The molecule has 2 heterocycles. The van der Waals surface area contributed by atoms with Crippen LogP contribution in [0, 0.1) is 0 Å². The molecule has 1 aromatic carbocycles. The normalized spacial score (nSPS) is 18.1. The van der Waals surface area contributed by atoms with Crippen molar-refractivity contribution in [2.75, 3.05) is 11.6 Å². The van der Waals surface area contributed by atoms with Gasteiger partial charge in [0.25, 0.3) is 0 Å². The zero-order valence-electron chi connectivity index (χ0n) is 10.3. The first-order chi connectivity index (χ1) is 9.01. The number of hydrogen-bond donors (Lipinski definition) is 1. The largest absolute Gasteiger partial charge is 0.373 e. The Morgan fingerprint density at radius 2 is 2.21 bits per heavy atom. The number of nitrogens with zero attached hydrogens (tertiary/aromatic N) is 2. The molecule has 0 saturated heterocycles. The maximum absolute atomic E-state index is 11.2. The molecule has 1 atom stereocenters. The van der Waals surface area contributed by atoms with Crippen LogP contribution in [0.4, 0.5) is 5.69 Å². The Morgan fingerprint density at radius 1 is 1.42 bits per heavy atom. The Bertz CT molecular complexity index is 684. The summed E-state index contributed by atoms with van der Waals surface area (Å²) < 4.78 is 27.5. The molecule has 1 aromatic heterocycles. The minimum Gasteiger partial charge on any atom is -0.373 e. The Kier molecular flexibility index (Phi) is 2.78. The van der Waals surface area contributed by atoms with Gasteiger partial charge in [-0.3, -0.25) is 0 Å². The molecule has 0 fully saturated rings. The predicted octanol–water partition coefficient (Wildman–Crippen LogP) is 1.32. The van der Waals surface area contributed by atoms with Crippen molar-refractivity contribution in [1.29, 1.82) is 0 Å². The summed E-state index contributed by atoms with van der Waals surface area (Å²) >= 11 is 0. The molecule has 100 valence electrons. The van der Waals surface area contributed by atoms with Crippen molar-refractivity contribution in [2.45, 2.75) is 18.2 Å². The van der Waals surface area contributed by atoms with E-state index in [1.807, 2.05) is 24.3 Å². The quantitative estimate of drug-likeness (QED) is 0.912. The van der Waals surface area contributed by atoms with Crippen molar-refractivity contribution < 1.29 is 12.9 Å². The molecule has 0 aliphatic carbocycles. The third-order valence-electron chi connectivity index (χ3n) is 2.94. The molecule has 2 aromatic rings. The smallest absolute Gasteiger partial charge is 0.249 e. The maximum Gasteiger partial charge on any atom is 0.249 e. The van der Waals surface area contributed by atoms with Crippen LogP contribution in [0.5, 0.6) is 0 Å². The van der Waals surface area contributed by atoms with E-state index in [1.165, 1.54) is 5.56 Å². The standard InChI is InChI=1S/C12H13N3O3S/c1-19(16,17)7-11-14-12(18-15-11)10-6-8-4-2-3-5-9(8)13-10/h2-5,10,13H,6-7H2,1H3. The van der Waals surface area contributed by atoms with E-state index in [9.17, 15) is 8.42 Å². The van der Waals surface area contributed by atoms with Gasteiger partial charge >= 0.3 is 0 Å². The van der Waals surface area contributed by atoms with Gasteiger partial charge in [0.1, 0.15) is 11.8 Å². The van der Waals surface area contributed by atoms with Crippen LogP contribution < -0.4 is 5.32 Å². The number of rotatable bonds is 3. The topological polar surface area (TPSA) is 85.1 Å². The van der Waals surface area contributed by atoms with E-state index in [4.69, 9.17) is 4.52 Å². The minimum absolute atomic E-state index is 0.0850. The third-order valence-corrected chi connectivity index (χ3v) is 3.73. The van der Waals surface area contributed by atoms with Crippen molar-refractivity contribution in [3.05, 3.63) is 41.5 Å². The molecule has 0 amide bonds. The lowest BCUT2D eigenvalue weighted by Gasteiger charge is -2.04. The zero-order valence-corrected chi connectivity index (χ0v) is 11.1. The summed E-state index contributed by atoms with van der Waals surface area (Å²) in [5, 5.41) is 6.98.